The first-order chi connectivity index (χ1) is 7.29. The van der Waals surface area contributed by atoms with Gasteiger partial charge >= 0.3 is 0 Å². The van der Waals surface area contributed by atoms with E-state index in [2.05, 4.69) is 29.3 Å². The predicted molar refractivity (Wildman–Crippen MR) is 64.1 cm³/mol. The van der Waals surface area contributed by atoms with Crippen molar-refractivity contribution < 1.29 is 4.79 Å². The fraction of sp³-hybridized carbons (Fsp3) is 0.364. The lowest BCUT2D eigenvalue weighted by molar-refractivity contribution is -0.116. The second kappa shape index (κ2) is 4.68. The molecule has 0 aromatic heterocycles. The number of hydrogen-bond acceptors (Lipinski definition) is 3. The van der Waals surface area contributed by atoms with E-state index >= 15 is 0 Å². The third kappa shape index (κ3) is 2.52. The first-order valence-electron chi connectivity index (χ1n) is 5.03. The van der Waals surface area contributed by atoms with Crippen molar-refractivity contribution in [1.82, 2.24) is 5.32 Å². The van der Waals surface area contributed by atoms with Crippen molar-refractivity contribution in [2.45, 2.75) is 19.4 Å². The number of carbonyl (C=O) groups is 1. The van der Waals surface area contributed by atoms with Gasteiger partial charge in [0, 0.05) is 24.5 Å². The molecule has 0 spiro atoms. The highest BCUT2D eigenvalue weighted by Crippen LogP contribution is 2.23. The molecule has 0 radical (unpaired) electrons. The van der Waals surface area contributed by atoms with Crippen molar-refractivity contribution in [3.63, 3.8) is 0 Å². The lowest BCUT2D eigenvalue weighted by Crippen LogP contribution is -2.19. The average Bonchev–Trinajstić information content (AvgIpc) is 2.26. The van der Waals surface area contributed by atoms with Crippen molar-refractivity contribution in [2.24, 2.45) is 0 Å². The fourth-order valence-corrected chi connectivity index (χ4v) is 1.86. The van der Waals surface area contributed by atoms with Crippen LogP contribution in [0.15, 0.2) is 18.2 Å². The van der Waals surface area contributed by atoms with Crippen molar-refractivity contribution in [2.75, 3.05) is 11.2 Å². The molecule has 0 fully saturated rings. The number of anilines is 1. The Balaban J connectivity index is 2.15. The van der Waals surface area contributed by atoms with Crippen molar-refractivity contribution in [3.05, 3.63) is 29.3 Å². The highest BCUT2D eigenvalue weighted by molar-refractivity contribution is 7.80. The van der Waals surface area contributed by atoms with Crippen LogP contribution in [-0.4, -0.2) is 11.8 Å². The number of thiol groups is 1. The smallest absolute Gasteiger partial charge is 0.224 e. The Hall–Kier alpha value is -1.00. The molecule has 0 aliphatic carbocycles. The quantitative estimate of drug-likeness (QED) is 0.536. The molecule has 0 atom stereocenters. The molecule has 3 nitrogen and oxygen atoms in total. The molecular weight excluding hydrogens is 208 g/mol. The van der Waals surface area contributed by atoms with Gasteiger partial charge in [-0.1, -0.05) is 12.1 Å². The lowest BCUT2D eigenvalue weighted by atomic mass is 10.0. The van der Waals surface area contributed by atoms with E-state index in [9.17, 15) is 4.79 Å². The minimum absolute atomic E-state index is 0.115. The van der Waals surface area contributed by atoms with Crippen molar-refractivity contribution >= 4 is 24.2 Å². The van der Waals surface area contributed by atoms with Gasteiger partial charge in [0.1, 0.15) is 0 Å². The molecule has 1 heterocycles. The van der Waals surface area contributed by atoms with Gasteiger partial charge in [-0.25, -0.2) is 0 Å². The van der Waals surface area contributed by atoms with Crippen LogP contribution in [0, 0.1) is 0 Å². The summed E-state index contributed by atoms with van der Waals surface area (Å²) in [5.74, 6) is 0.789. The van der Waals surface area contributed by atoms with Crippen LogP contribution in [0.5, 0.6) is 0 Å². The average molecular weight is 222 g/mol. The Bertz CT molecular complexity index is 379. The minimum atomic E-state index is 0.115. The molecular formula is C11H14N2OS. The van der Waals surface area contributed by atoms with Gasteiger partial charge in [-0.2, -0.15) is 12.6 Å². The molecule has 1 amide bonds. The summed E-state index contributed by atoms with van der Waals surface area (Å²) in [6.45, 7) is 0.824. The molecule has 1 aromatic carbocycles. The van der Waals surface area contributed by atoms with Crippen molar-refractivity contribution in [3.8, 4) is 0 Å². The highest BCUT2D eigenvalue weighted by Gasteiger charge is 2.14. The van der Waals surface area contributed by atoms with Gasteiger partial charge in [-0.15, -0.1) is 0 Å². The molecule has 0 saturated heterocycles. The number of amides is 1. The normalized spacial score (nSPS) is 14.6. The summed E-state index contributed by atoms with van der Waals surface area (Å²) in [5, 5.41) is 6.03. The molecule has 4 heteroatoms. The number of benzene rings is 1. The lowest BCUT2D eigenvalue weighted by Gasteiger charge is -2.17. The Morgan fingerprint density at radius 2 is 2.27 bits per heavy atom. The number of nitrogens with one attached hydrogen (secondary N) is 2. The van der Waals surface area contributed by atoms with Gasteiger partial charge < -0.3 is 10.6 Å². The van der Waals surface area contributed by atoms with Crippen LogP contribution in [0.2, 0.25) is 0 Å². The second-order valence-electron chi connectivity index (χ2n) is 3.62. The van der Waals surface area contributed by atoms with Gasteiger partial charge in [-0.3, -0.25) is 4.79 Å². The van der Waals surface area contributed by atoms with E-state index in [-0.39, 0.29) is 5.91 Å². The van der Waals surface area contributed by atoms with E-state index in [0.717, 1.165) is 18.7 Å². The molecule has 0 unspecified atom stereocenters. The summed E-state index contributed by atoms with van der Waals surface area (Å²) in [4.78, 5) is 11.1. The molecule has 2 N–H and O–H groups in total. The number of carbonyl (C=O) groups excluding carboxylic acids is 1. The third-order valence-electron chi connectivity index (χ3n) is 2.51. The largest absolute Gasteiger partial charge is 0.326 e. The molecule has 15 heavy (non-hydrogen) atoms. The molecule has 1 aliphatic rings. The topological polar surface area (TPSA) is 41.1 Å². The number of rotatable bonds is 3. The summed E-state index contributed by atoms with van der Waals surface area (Å²) in [6, 6.07) is 6.15. The Kier molecular flexibility index (Phi) is 3.28. The van der Waals surface area contributed by atoms with Crippen LogP contribution in [0.3, 0.4) is 0 Å². The van der Waals surface area contributed by atoms with Crippen LogP contribution in [-0.2, 0) is 17.8 Å². The molecule has 1 aliphatic heterocycles. The van der Waals surface area contributed by atoms with Gasteiger partial charge in [0.15, 0.2) is 0 Å². The van der Waals surface area contributed by atoms with Crippen LogP contribution in [0.1, 0.15) is 17.5 Å². The molecule has 80 valence electrons. The predicted octanol–water partition coefficient (Wildman–Crippen LogP) is 1.55. The monoisotopic (exact) mass is 222 g/mol. The first kappa shape index (κ1) is 10.5. The number of fused-ring (bicyclic) bond motifs is 1. The summed E-state index contributed by atoms with van der Waals surface area (Å²) in [5.41, 5.74) is 3.42. The van der Waals surface area contributed by atoms with Crippen LogP contribution < -0.4 is 10.6 Å². The van der Waals surface area contributed by atoms with Crippen LogP contribution in [0.25, 0.3) is 0 Å². The van der Waals surface area contributed by atoms with E-state index in [1.807, 2.05) is 12.1 Å². The molecule has 0 saturated carbocycles. The SMILES string of the molecule is O=C1CCc2cc(CNCS)ccc2N1. The number of hydrogen-bond donors (Lipinski definition) is 3. The molecule has 0 bridgehead atoms. The van der Waals surface area contributed by atoms with E-state index < -0.39 is 0 Å². The highest BCUT2D eigenvalue weighted by atomic mass is 32.1. The maximum Gasteiger partial charge on any atom is 0.224 e. The zero-order valence-corrected chi connectivity index (χ0v) is 9.31. The van der Waals surface area contributed by atoms with E-state index in [4.69, 9.17) is 0 Å². The van der Waals surface area contributed by atoms with Gasteiger partial charge in [0.2, 0.25) is 5.91 Å². The van der Waals surface area contributed by atoms with Crippen LogP contribution in [0.4, 0.5) is 5.69 Å². The Morgan fingerprint density at radius 3 is 3.07 bits per heavy atom. The maximum absolute atomic E-state index is 11.1. The summed E-state index contributed by atoms with van der Waals surface area (Å²) in [6.07, 6.45) is 1.44. The zero-order chi connectivity index (χ0) is 10.7. The second-order valence-corrected chi connectivity index (χ2v) is 3.94. The molecule has 2 rings (SSSR count). The third-order valence-corrected chi connectivity index (χ3v) is 2.73. The van der Waals surface area contributed by atoms with Crippen molar-refractivity contribution in [1.29, 1.82) is 0 Å². The standard InChI is InChI=1S/C11H14N2OS/c14-11-4-2-9-5-8(6-12-7-15)1-3-10(9)13-11/h1,3,5,12,15H,2,4,6-7H2,(H,13,14). The first-order valence-corrected chi connectivity index (χ1v) is 5.66. The van der Waals surface area contributed by atoms with Crippen LogP contribution >= 0.6 is 12.6 Å². The summed E-state index contributed by atoms with van der Waals surface area (Å²) >= 11 is 4.09. The van der Waals surface area contributed by atoms with Gasteiger partial charge in [0.05, 0.1) is 0 Å². The van der Waals surface area contributed by atoms with E-state index in [1.54, 1.807) is 0 Å². The van der Waals surface area contributed by atoms with Gasteiger partial charge in [0.25, 0.3) is 0 Å². The maximum atomic E-state index is 11.1. The molecule has 1 aromatic rings. The minimum Gasteiger partial charge on any atom is -0.326 e. The Labute approximate surface area is 94.7 Å². The summed E-state index contributed by atoms with van der Waals surface area (Å²) in [7, 11) is 0. The van der Waals surface area contributed by atoms with Gasteiger partial charge in [-0.05, 0) is 23.6 Å². The fourth-order valence-electron chi connectivity index (χ4n) is 1.75. The summed E-state index contributed by atoms with van der Waals surface area (Å²) < 4.78 is 0. The number of aryl methyl sites for hydroxylation is 1. The zero-order valence-electron chi connectivity index (χ0n) is 8.42. The van der Waals surface area contributed by atoms with E-state index in [0.29, 0.717) is 12.3 Å². The van der Waals surface area contributed by atoms with E-state index in [1.165, 1.54) is 11.1 Å². The Morgan fingerprint density at radius 1 is 1.40 bits per heavy atom.